The molecule has 0 saturated heterocycles. The Hall–Kier alpha value is -1.88. The van der Waals surface area contributed by atoms with Gasteiger partial charge < -0.3 is 5.32 Å². The van der Waals surface area contributed by atoms with Gasteiger partial charge in [-0.1, -0.05) is 12.1 Å². The summed E-state index contributed by atoms with van der Waals surface area (Å²) in [6, 6.07) is 4.68. The number of aryl methyl sites for hydroxylation is 1. The monoisotopic (exact) mass is 283 g/mol. The summed E-state index contributed by atoms with van der Waals surface area (Å²) in [5, 5.41) is 2.68. The molecule has 0 fully saturated rings. The summed E-state index contributed by atoms with van der Waals surface area (Å²) in [5.41, 5.74) is 0.00979. The van der Waals surface area contributed by atoms with Crippen molar-refractivity contribution in [2.24, 2.45) is 0 Å². The lowest BCUT2D eigenvalue weighted by atomic mass is 9.96. The molecule has 5 heteroatoms. The van der Waals surface area contributed by atoms with Gasteiger partial charge in [0, 0.05) is 11.1 Å². The van der Waals surface area contributed by atoms with Crippen LogP contribution in [0.2, 0.25) is 0 Å². The molecular formula is C15H13F4N. The van der Waals surface area contributed by atoms with E-state index >= 15 is 0 Å². The highest BCUT2D eigenvalue weighted by Gasteiger charge is 2.22. The van der Waals surface area contributed by atoms with Crippen molar-refractivity contribution >= 4 is 0 Å². The topological polar surface area (TPSA) is 12.0 Å². The fraction of sp³-hybridized carbons (Fsp3) is 0.200. The van der Waals surface area contributed by atoms with Gasteiger partial charge in [-0.15, -0.1) is 0 Å². The van der Waals surface area contributed by atoms with E-state index in [2.05, 4.69) is 5.32 Å². The fourth-order valence-corrected chi connectivity index (χ4v) is 2.10. The molecular weight excluding hydrogens is 270 g/mol. The lowest BCUT2D eigenvalue weighted by molar-refractivity contribution is 0.481. The highest BCUT2D eigenvalue weighted by molar-refractivity contribution is 5.36. The van der Waals surface area contributed by atoms with Crippen LogP contribution in [0, 0.1) is 30.2 Å². The van der Waals surface area contributed by atoms with Crippen molar-refractivity contribution < 1.29 is 17.6 Å². The van der Waals surface area contributed by atoms with E-state index in [4.69, 9.17) is 0 Å². The van der Waals surface area contributed by atoms with Gasteiger partial charge >= 0.3 is 0 Å². The quantitative estimate of drug-likeness (QED) is 0.843. The van der Waals surface area contributed by atoms with Crippen LogP contribution in [0.5, 0.6) is 0 Å². The van der Waals surface area contributed by atoms with Crippen LogP contribution in [0.3, 0.4) is 0 Å². The standard InChI is InChI=1S/C15H13F4N/c1-8-6-13(18)10(7-12(8)17)15(20-2)9-4-3-5-11(16)14(9)19/h3-7,15,20H,1-2H3. The lowest BCUT2D eigenvalue weighted by Crippen LogP contribution is -2.21. The minimum Gasteiger partial charge on any atom is -0.309 e. The highest BCUT2D eigenvalue weighted by atomic mass is 19.2. The van der Waals surface area contributed by atoms with Crippen molar-refractivity contribution in [1.29, 1.82) is 0 Å². The number of benzene rings is 2. The summed E-state index contributed by atoms with van der Waals surface area (Å²) >= 11 is 0. The Morgan fingerprint density at radius 1 is 0.900 bits per heavy atom. The molecule has 1 atom stereocenters. The Morgan fingerprint density at radius 2 is 1.60 bits per heavy atom. The van der Waals surface area contributed by atoms with Gasteiger partial charge in [-0.25, -0.2) is 17.6 Å². The van der Waals surface area contributed by atoms with Crippen LogP contribution >= 0.6 is 0 Å². The van der Waals surface area contributed by atoms with Gasteiger partial charge in [0.25, 0.3) is 0 Å². The normalized spacial score (nSPS) is 12.5. The van der Waals surface area contributed by atoms with Crippen LogP contribution in [0.25, 0.3) is 0 Å². The molecule has 1 unspecified atom stereocenters. The van der Waals surface area contributed by atoms with Gasteiger partial charge in [-0.3, -0.25) is 0 Å². The SMILES string of the molecule is CNC(c1cc(F)c(C)cc1F)c1cccc(F)c1F. The van der Waals surface area contributed by atoms with Crippen molar-refractivity contribution in [2.75, 3.05) is 7.05 Å². The zero-order chi connectivity index (χ0) is 14.9. The average Bonchev–Trinajstić information content (AvgIpc) is 2.41. The summed E-state index contributed by atoms with van der Waals surface area (Å²) in [4.78, 5) is 0. The van der Waals surface area contributed by atoms with Crippen LogP contribution in [0.4, 0.5) is 17.6 Å². The first-order valence-corrected chi connectivity index (χ1v) is 6.02. The third-order valence-corrected chi connectivity index (χ3v) is 3.17. The maximum atomic E-state index is 14.0. The smallest absolute Gasteiger partial charge is 0.163 e. The summed E-state index contributed by atoms with van der Waals surface area (Å²) in [5.74, 6) is -3.38. The maximum Gasteiger partial charge on any atom is 0.163 e. The fourth-order valence-electron chi connectivity index (χ4n) is 2.10. The van der Waals surface area contributed by atoms with E-state index in [-0.39, 0.29) is 16.7 Å². The van der Waals surface area contributed by atoms with Crippen molar-refractivity contribution in [3.05, 3.63) is 70.3 Å². The molecule has 0 heterocycles. The number of halogens is 4. The largest absolute Gasteiger partial charge is 0.309 e. The molecule has 2 rings (SSSR count). The van der Waals surface area contributed by atoms with E-state index in [1.807, 2.05) is 0 Å². The molecule has 2 aromatic rings. The molecule has 0 amide bonds. The van der Waals surface area contributed by atoms with Gasteiger partial charge in [-0.05, 0) is 37.7 Å². The van der Waals surface area contributed by atoms with E-state index < -0.39 is 29.3 Å². The predicted octanol–water partition coefficient (Wildman–Crippen LogP) is 3.86. The summed E-state index contributed by atoms with van der Waals surface area (Å²) in [6.45, 7) is 1.43. The summed E-state index contributed by atoms with van der Waals surface area (Å²) < 4.78 is 54.6. The zero-order valence-corrected chi connectivity index (χ0v) is 11.0. The van der Waals surface area contributed by atoms with Crippen LogP contribution in [0.15, 0.2) is 30.3 Å². The van der Waals surface area contributed by atoms with Crippen molar-refractivity contribution in [3.63, 3.8) is 0 Å². The van der Waals surface area contributed by atoms with Crippen molar-refractivity contribution in [2.45, 2.75) is 13.0 Å². The van der Waals surface area contributed by atoms with Gasteiger partial charge in [0.05, 0.1) is 6.04 Å². The Bertz CT molecular complexity index is 640. The molecule has 20 heavy (non-hydrogen) atoms. The molecule has 2 aromatic carbocycles. The van der Waals surface area contributed by atoms with Crippen molar-refractivity contribution in [1.82, 2.24) is 5.32 Å². The van der Waals surface area contributed by atoms with E-state index in [1.54, 1.807) is 0 Å². The number of hydrogen-bond donors (Lipinski definition) is 1. The van der Waals surface area contributed by atoms with Gasteiger partial charge in [0.15, 0.2) is 11.6 Å². The second-order valence-electron chi connectivity index (χ2n) is 4.49. The van der Waals surface area contributed by atoms with Crippen molar-refractivity contribution in [3.8, 4) is 0 Å². The number of hydrogen-bond acceptors (Lipinski definition) is 1. The molecule has 0 aliphatic rings. The average molecular weight is 283 g/mol. The van der Waals surface area contributed by atoms with E-state index in [1.165, 1.54) is 26.1 Å². The summed E-state index contributed by atoms with van der Waals surface area (Å²) in [6.07, 6.45) is 0. The van der Waals surface area contributed by atoms with Crippen LogP contribution in [0.1, 0.15) is 22.7 Å². The van der Waals surface area contributed by atoms with Gasteiger partial charge in [-0.2, -0.15) is 0 Å². The molecule has 1 N–H and O–H groups in total. The van der Waals surface area contributed by atoms with Gasteiger partial charge in [0.1, 0.15) is 11.6 Å². The Labute approximate surface area is 114 Å². The second kappa shape index (κ2) is 5.63. The molecule has 0 aromatic heterocycles. The molecule has 0 bridgehead atoms. The number of rotatable bonds is 3. The lowest BCUT2D eigenvalue weighted by Gasteiger charge is -2.19. The van der Waals surface area contributed by atoms with E-state index in [0.29, 0.717) is 0 Å². The van der Waals surface area contributed by atoms with Crippen LogP contribution < -0.4 is 5.32 Å². The Balaban J connectivity index is 2.58. The molecule has 0 aliphatic heterocycles. The second-order valence-corrected chi connectivity index (χ2v) is 4.49. The Kier molecular flexibility index (Phi) is 4.09. The molecule has 0 spiro atoms. The minimum absolute atomic E-state index is 0.0694. The predicted molar refractivity (Wildman–Crippen MR) is 68.4 cm³/mol. The maximum absolute atomic E-state index is 14.0. The molecule has 1 nitrogen and oxygen atoms in total. The third kappa shape index (κ3) is 2.54. The van der Waals surface area contributed by atoms with Crippen LogP contribution in [-0.4, -0.2) is 7.05 Å². The van der Waals surface area contributed by atoms with Gasteiger partial charge in [0.2, 0.25) is 0 Å². The molecule has 0 radical (unpaired) electrons. The molecule has 106 valence electrons. The van der Waals surface area contributed by atoms with E-state index in [9.17, 15) is 17.6 Å². The number of nitrogens with one attached hydrogen (secondary N) is 1. The first kappa shape index (κ1) is 14.5. The third-order valence-electron chi connectivity index (χ3n) is 3.17. The highest BCUT2D eigenvalue weighted by Crippen LogP contribution is 2.28. The minimum atomic E-state index is -1.08. The molecule has 0 saturated carbocycles. The molecule has 0 aliphatic carbocycles. The van der Waals surface area contributed by atoms with E-state index in [0.717, 1.165) is 18.2 Å². The first-order valence-electron chi connectivity index (χ1n) is 6.02. The first-order chi connectivity index (χ1) is 9.45. The zero-order valence-electron chi connectivity index (χ0n) is 11.0. The summed E-state index contributed by atoms with van der Waals surface area (Å²) in [7, 11) is 1.46. The van der Waals surface area contributed by atoms with Crippen LogP contribution in [-0.2, 0) is 0 Å². The Morgan fingerprint density at radius 3 is 2.25 bits per heavy atom.